The van der Waals surface area contributed by atoms with Gasteiger partial charge in [-0.1, -0.05) is 12.1 Å². The smallest absolute Gasteiger partial charge is 0.404 e. The molecule has 1 aliphatic rings. The molecule has 20 heavy (non-hydrogen) atoms. The highest BCUT2D eigenvalue weighted by Crippen LogP contribution is 2.40. The lowest BCUT2D eigenvalue weighted by Crippen LogP contribution is -2.41. The average molecular weight is 274 g/mol. The van der Waals surface area contributed by atoms with E-state index in [1.807, 2.05) is 24.3 Å². The number of methoxy groups -OCH3 is 1. The standard InChI is InChI=1S/C15H18N2O3/c1-20-13-4-2-3-11(9-13)15(10-16)7-5-12(6-8-15)17-14(18)19/h2-4,9,12,17H,5-8H2,1H3,(H,18,19)/t12-,15+. The summed E-state index contributed by atoms with van der Waals surface area (Å²) in [6, 6.07) is 9.95. The van der Waals surface area contributed by atoms with Crippen LogP contribution in [-0.4, -0.2) is 24.4 Å². The molecular formula is C15H18N2O3. The van der Waals surface area contributed by atoms with E-state index in [0.717, 1.165) is 11.3 Å². The van der Waals surface area contributed by atoms with E-state index in [-0.39, 0.29) is 6.04 Å². The van der Waals surface area contributed by atoms with Gasteiger partial charge in [0.1, 0.15) is 5.75 Å². The van der Waals surface area contributed by atoms with Crippen molar-refractivity contribution < 1.29 is 14.6 Å². The molecule has 0 radical (unpaired) electrons. The van der Waals surface area contributed by atoms with Gasteiger partial charge < -0.3 is 15.2 Å². The van der Waals surface area contributed by atoms with Gasteiger partial charge in [-0.05, 0) is 43.4 Å². The summed E-state index contributed by atoms with van der Waals surface area (Å²) in [4.78, 5) is 10.7. The normalized spacial score (nSPS) is 25.5. The second-order valence-electron chi connectivity index (χ2n) is 5.15. The van der Waals surface area contributed by atoms with Crippen LogP contribution in [0.2, 0.25) is 0 Å². The molecule has 1 fully saturated rings. The van der Waals surface area contributed by atoms with Crippen molar-refractivity contribution in [3.05, 3.63) is 29.8 Å². The maximum atomic E-state index is 10.7. The van der Waals surface area contributed by atoms with Gasteiger partial charge in [0.05, 0.1) is 18.6 Å². The zero-order chi connectivity index (χ0) is 14.6. The Morgan fingerprint density at radius 1 is 1.50 bits per heavy atom. The number of hydrogen-bond donors (Lipinski definition) is 2. The first-order valence-electron chi connectivity index (χ1n) is 6.65. The SMILES string of the molecule is COc1cccc([C@]2(C#N)CC[C@H](NC(=O)O)CC2)c1. The summed E-state index contributed by atoms with van der Waals surface area (Å²) in [5.74, 6) is 0.739. The van der Waals surface area contributed by atoms with Gasteiger partial charge >= 0.3 is 6.09 Å². The van der Waals surface area contributed by atoms with Crippen LogP contribution in [0.4, 0.5) is 4.79 Å². The van der Waals surface area contributed by atoms with Gasteiger partial charge in [-0.3, -0.25) is 0 Å². The van der Waals surface area contributed by atoms with E-state index in [9.17, 15) is 10.1 Å². The van der Waals surface area contributed by atoms with E-state index in [1.54, 1.807) is 7.11 Å². The van der Waals surface area contributed by atoms with Crippen molar-refractivity contribution in [1.82, 2.24) is 5.32 Å². The predicted molar refractivity (Wildman–Crippen MR) is 73.7 cm³/mol. The van der Waals surface area contributed by atoms with E-state index in [2.05, 4.69) is 11.4 Å². The van der Waals surface area contributed by atoms with Crippen molar-refractivity contribution >= 4 is 6.09 Å². The number of rotatable bonds is 3. The molecule has 5 heteroatoms. The molecule has 1 aliphatic carbocycles. The highest BCUT2D eigenvalue weighted by Gasteiger charge is 2.37. The Morgan fingerprint density at radius 3 is 2.75 bits per heavy atom. The quantitative estimate of drug-likeness (QED) is 0.887. The summed E-state index contributed by atoms with van der Waals surface area (Å²) in [6.07, 6.45) is 1.66. The second kappa shape index (κ2) is 5.83. The lowest BCUT2D eigenvalue weighted by molar-refractivity contribution is 0.182. The number of nitriles is 1. The zero-order valence-electron chi connectivity index (χ0n) is 11.4. The van der Waals surface area contributed by atoms with Crippen LogP contribution in [0, 0.1) is 11.3 Å². The van der Waals surface area contributed by atoms with Gasteiger partial charge in [-0.25, -0.2) is 4.79 Å². The van der Waals surface area contributed by atoms with Crippen molar-refractivity contribution in [3.63, 3.8) is 0 Å². The van der Waals surface area contributed by atoms with Crippen LogP contribution in [0.3, 0.4) is 0 Å². The molecule has 0 spiro atoms. The van der Waals surface area contributed by atoms with Crippen LogP contribution < -0.4 is 10.1 Å². The van der Waals surface area contributed by atoms with Crippen molar-refractivity contribution in [2.45, 2.75) is 37.1 Å². The minimum atomic E-state index is -0.999. The molecule has 2 rings (SSSR count). The molecule has 0 heterocycles. The molecule has 1 aromatic carbocycles. The number of ether oxygens (including phenoxy) is 1. The van der Waals surface area contributed by atoms with Crippen molar-refractivity contribution in [3.8, 4) is 11.8 Å². The van der Waals surface area contributed by atoms with Gasteiger partial charge in [0.2, 0.25) is 0 Å². The van der Waals surface area contributed by atoms with E-state index in [0.29, 0.717) is 25.7 Å². The first kappa shape index (κ1) is 14.2. The minimum absolute atomic E-state index is 0.0559. The van der Waals surface area contributed by atoms with Gasteiger partial charge in [0.25, 0.3) is 0 Å². The Kier molecular flexibility index (Phi) is 4.14. The lowest BCUT2D eigenvalue weighted by Gasteiger charge is -2.35. The third-order valence-corrected chi connectivity index (χ3v) is 4.00. The molecule has 0 bridgehead atoms. The number of nitrogens with one attached hydrogen (secondary N) is 1. The molecule has 2 N–H and O–H groups in total. The predicted octanol–water partition coefficient (Wildman–Crippen LogP) is 2.67. The number of carbonyl (C=O) groups is 1. The highest BCUT2D eigenvalue weighted by atomic mass is 16.5. The topological polar surface area (TPSA) is 82.3 Å². The summed E-state index contributed by atoms with van der Waals surface area (Å²) >= 11 is 0. The van der Waals surface area contributed by atoms with E-state index < -0.39 is 11.5 Å². The molecule has 5 nitrogen and oxygen atoms in total. The van der Waals surface area contributed by atoms with Crippen molar-refractivity contribution in [2.24, 2.45) is 0 Å². The van der Waals surface area contributed by atoms with Crippen molar-refractivity contribution in [1.29, 1.82) is 5.26 Å². The molecule has 0 atom stereocenters. The summed E-state index contributed by atoms with van der Waals surface area (Å²) in [7, 11) is 1.60. The number of carboxylic acid groups (broad SMARTS) is 1. The number of nitrogens with zero attached hydrogens (tertiary/aromatic N) is 1. The Morgan fingerprint density at radius 2 is 2.20 bits per heavy atom. The van der Waals surface area contributed by atoms with Crippen LogP contribution in [0.25, 0.3) is 0 Å². The molecular weight excluding hydrogens is 256 g/mol. The molecule has 0 aliphatic heterocycles. The molecule has 0 saturated heterocycles. The van der Waals surface area contributed by atoms with Crippen LogP contribution >= 0.6 is 0 Å². The second-order valence-corrected chi connectivity index (χ2v) is 5.15. The number of hydrogen-bond acceptors (Lipinski definition) is 3. The van der Waals surface area contributed by atoms with Crippen molar-refractivity contribution in [2.75, 3.05) is 7.11 Å². The third kappa shape index (κ3) is 2.85. The molecule has 1 saturated carbocycles. The fourth-order valence-electron chi connectivity index (χ4n) is 2.82. The molecule has 106 valence electrons. The largest absolute Gasteiger partial charge is 0.497 e. The van der Waals surface area contributed by atoms with Gasteiger partial charge in [-0.15, -0.1) is 0 Å². The third-order valence-electron chi connectivity index (χ3n) is 4.00. The Balaban J connectivity index is 2.16. The van der Waals surface area contributed by atoms with Crippen LogP contribution in [0.1, 0.15) is 31.2 Å². The van der Waals surface area contributed by atoms with Crippen LogP contribution in [-0.2, 0) is 5.41 Å². The number of amides is 1. The van der Waals surface area contributed by atoms with Gasteiger partial charge in [-0.2, -0.15) is 5.26 Å². The molecule has 1 amide bonds. The molecule has 0 unspecified atom stereocenters. The van der Waals surface area contributed by atoms with E-state index in [4.69, 9.17) is 9.84 Å². The Bertz CT molecular complexity index is 528. The Labute approximate surface area is 118 Å². The van der Waals surface area contributed by atoms with Crippen LogP contribution in [0.5, 0.6) is 5.75 Å². The number of benzene rings is 1. The lowest BCUT2D eigenvalue weighted by atomic mass is 9.69. The summed E-state index contributed by atoms with van der Waals surface area (Å²) in [5, 5.41) is 20.8. The summed E-state index contributed by atoms with van der Waals surface area (Å²) in [5.41, 5.74) is 0.415. The van der Waals surface area contributed by atoms with E-state index >= 15 is 0 Å². The average Bonchev–Trinajstić information content (AvgIpc) is 2.48. The zero-order valence-corrected chi connectivity index (χ0v) is 11.4. The Hall–Kier alpha value is -2.22. The maximum Gasteiger partial charge on any atom is 0.404 e. The van der Waals surface area contributed by atoms with Gasteiger partial charge in [0, 0.05) is 6.04 Å². The first-order chi connectivity index (χ1) is 9.59. The molecule has 1 aromatic rings. The highest BCUT2D eigenvalue weighted by molar-refractivity contribution is 5.64. The molecule has 0 aromatic heterocycles. The van der Waals surface area contributed by atoms with Crippen LogP contribution in [0.15, 0.2) is 24.3 Å². The maximum absolute atomic E-state index is 10.7. The minimum Gasteiger partial charge on any atom is -0.497 e. The first-order valence-corrected chi connectivity index (χ1v) is 6.65. The van der Waals surface area contributed by atoms with Gasteiger partial charge in [0.15, 0.2) is 0 Å². The fourth-order valence-corrected chi connectivity index (χ4v) is 2.82. The monoisotopic (exact) mass is 274 g/mol. The summed E-state index contributed by atoms with van der Waals surface area (Å²) < 4.78 is 5.21. The summed E-state index contributed by atoms with van der Waals surface area (Å²) in [6.45, 7) is 0. The van der Waals surface area contributed by atoms with E-state index in [1.165, 1.54) is 0 Å². The fraction of sp³-hybridized carbons (Fsp3) is 0.467.